The van der Waals surface area contributed by atoms with Crippen molar-refractivity contribution in [1.29, 1.82) is 0 Å². The molecule has 9 aromatic carbocycles. The maximum absolute atomic E-state index is 6.34. The maximum atomic E-state index is 6.34. The molecule has 0 radical (unpaired) electrons. The van der Waals surface area contributed by atoms with Crippen LogP contribution in [-0.4, -0.2) is 4.98 Å². The lowest BCUT2D eigenvalue weighted by atomic mass is 10.0. The Hall–Kier alpha value is -7.73. The van der Waals surface area contributed by atoms with Crippen LogP contribution in [0.5, 0.6) is 0 Å². The first-order valence-corrected chi connectivity index (χ1v) is 20.9. The van der Waals surface area contributed by atoms with Crippen LogP contribution >= 0.6 is 11.3 Å². The first-order valence-electron chi connectivity index (χ1n) is 20.1. The molecule has 0 bridgehead atoms. The summed E-state index contributed by atoms with van der Waals surface area (Å²) >= 11 is 1.87. The average molecular weight is 787 g/mol. The fourth-order valence-electron chi connectivity index (χ4n) is 8.55. The monoisotopic (exact) mass is 786 g/mol. The average Bonchev–Trinajstić information content (AvgIpc) is 4.02. The van der Waals surface area contributed by atoms with Gasteiger partial charge in [-0.15, -0.1) is 11.3 Å². The summed E-state index contributed by atoms with van der Waals surface area (Å²) in [5, 5.41) is 4.66. The van der Waals surface area contributed by atoms with E-state index in [1.807, 2.05) is 47.7 Å². The van der Waals surface area contributed by atoms with Gasteiger partial charge in [-0.05, 0) is 106 Å². The van der Waals surface area contributed by atoms with Crippen molar-refractivity contribution in [2.75, 3.05) is 4.90 Å². The minimum atomic E-state index is 0.602. The molecule has 0 aliphatic rings. The van der Waals surface area contributed by atoms with Gasteiger partial charge in [0.05, 0.1) is 0 Å². The second-order valence-electron chi connectivity index (χ2n) is 15.1. The Balaban J connectivity index is 0.921. The number of anilines is 3. The SMILES string of the molecule is c1ccc(-c2cccc(N(c3ccc(-c4ccc5oc6cc7nc(-c8ccccc8)oc7cc6c5c4)cc3)c3ccc(-c4cccc5c4sc4ccccc45)cc3)c2)cc1. The molecule has 0 unspecified atom stereocenters. The molecular weight excluding hydrogens is 753 g/mol. The van der Waals surface area contributed by atoms with Crippen LogP contribution in [-0.2, 0) is 0 Å². The molecule has 0 saturated carbocycles. The van der Waals surface area contributed by atoms with Gasteiger partial charge in [-0.25, -0.2) is 4.98 Å². The molecule has 5 heteroatoms. The summed E-state index contributed by atoms with van der Waals surface area (Å²) in [6.45, 7) is 0. The molecule has 282 valence electrons. The van der Waals surface area contributed by atoms with Gasteiger partial charge in [0.25, 0.3) is 0 Å². The molecule has 0 fully saturated rings. The molecule has 4 nitrogen and oxygen atoms in total. The molecule has 3 heterocycles. The van der Waals surface area contributed by atoms with Crippen LogP contribution in [0, 0.1) is 0 Å². The highest BCUT2D eigenvalue weighted by Gasteiger charge is 2.18. The third-order valence-corrected chi connectivity index (χ3v) is 12.7. The lowest BCUT2D eigenvalue weighted by Crippen LogP contribution is -2.10. The van der Waals surface area contributed by atoms with Crippen LogP contribution in [0.2, 0.25) is 0 Å². The van der Waals surface area contributed by atoms with E-state index in [1.54, 1.807) is 0 Å². The molecule has 0 amide bonds. The third kappa shape index (κ3) is 5.86. The number of aromatic nitrogens is 1. The number of benzene rings is 9. The van der Waals surface area contributed by atoms with E-state index in [4.69, 9.17) is 13.8 Å². The van der Waals surface area contributed by atoms with Gasteiger partial charge >= 0.3 is 0 Å². The minimum Gasteiger partial charge on any atom is -0.456 e. The minimum absolute atomic E-state index is 0.602. The van der Waals surface area contributed by atoms with E-state index in [0.29, 0.717) is 5.89 Å². The standard InChI is InChI=1S/C55H34N2O2S/c1-3-11-35(12-4-1)39-15-9-16-43(31-39)57(42-28-23-37(24-29-42)44-18-10-19-46-45-17-7-8-20-53(45)60-54(44)46)41-26-21-36(22-27-41)40-25-30-50-47(32-40)48-33-52-49(34-51(48)58-50)56-55(59-52)38-13-5-2-6-14-38/h1-34H. The zero-order valence-electron chi connectivity index (χ0n) is 32.2. The number of hydrogen-bond acceptors (Lipinski definition) is 5. The molecule has 0 spiro atoms. The number of fused-ring (bicyclic) bond motifs is 7. The lowest BCUT2D eigenvalue weighted by Gasteiger charge is -2.26. The van der Waals surface area contributed by atoms with Crippen molar-refractivity contribution in [1.82, 2.24) is 4.98 Å². The zero-order valence-corrected chi connectivity index (χ0v) is 33.1. The number of hydrogen-bond donors (Lipinski definition) is 0. The summed E-state index contributed by atoms with van der Waals surface area (Å²) in [4.78, 5) is 7.11. The van der Waals surface area contributed by atoms with Crippen molar-refractivity contribution >= 4 is 81.6 Å². The van der Waals surface area contributed by atoms with Gasteiger partial charge in [0.15, 0.2) is 5.58 Å². The van der Waals surface area contributed by atoms with E-state index in [0.717, 1.165) is 66.8 Å². The number of oxazole rings is 1. The van der Waals surface area contributed by atoms with Crippen LogP contribution < -0.4 is 4.90 Å². The van der Waals surface area contributed by atoms with E-state index in [1.165, 1.54) is 42.4 Å². The topological polar surface area (TPSA) is 42.4 Å². The van der Waals surface area contributed by atoms with E-state index in [2.05, 4.69) is 175 Å². The summed E-state index contributed by atoms with van der Waals surface area (Å²) in [5.41, 5.74) is 14.4. The van der Waals surface area contributed by atoms with Gasteiger partial charge in [-0.3, -0.25) is 0 Å². The number of furan rings is 1. The van der Waals surface area contributed by atoms with E-state index in [9.17, 15) is 0 Å². The van der Waals surface area contributed by atoms with Gasteiger partial charge in [0.2, 0.25) is 5.89 Å². The van der Waals surface area contributed by atoms with E-state index < -0.39 is 0 Å². The lowest BCUT2D eigenvalue weighted by molar-refractivity contribution is 0.620. The summed E-state index contributed by atoms with van der Waals surface area (Å²) in [6.07, 6.45) is 0. The first-order chi connectivity index (χ1) is 29.7. The van der Waals surface area contributed by atoms with Crippen LogP contribution in [0.1, 0.15) is 0 Å². The van der Waals surface area contributed by atoms with Crippen LogP contribution in [0.25, 0.3) is 98.0 Å². The van der Waals surface area contributed by atoms with Gasteiger partial charge in [0, 0.05) is 59.6 Å². The summed E-state index contributed by atoms with van der Waals surface area (Å²) in [7, 11) is 0. The predicted molar refractivity (Wildman–Crippen MR) is 251 cm³/mol. The molecule has 3 aromatic heterocycles. The molecule has 0 atom stereocenters. The number of nitrogens with zero attached hydrogens (tertiary/aromatic N) is 2. The van der Waals surface area contributed by atoms with Crippen molar-refractivity contribution < 1.29 is 8.83 Å². The van der Waals surface area contributed by atoms with Gasteiger partial charge in [-0.1, -0.05) is 127 Å². The predicted octanol–water partition coefficient (Wildman–Crippen LogP) is 16.2. The normalized spacial score (nSPS) is 11.7. The molecule has 0 aliphatic carbocycles. The fraction of sp³-hybridized carbons (Fsp3) is 0. The quantitative estimate of drug-likeness (QED) is 0.161. The second-order valence-corrected chi connectivity index (χ2v) is 16.2. The van der Waals surface area contributed by atoms with Crippen molar-refractivity contribution in [2.45, 2.75) is 0 Å². The van der Waals surface area contributed by atoms with Crippen molar-refractivity contribution in [3.8, 4) is 44.8 Å². The summed E-state index contributed by atoms with van der Waals surface area (Å²) in [5.74, 6) is 0.602. The Bertz CT molecular complexity index is 3530. The largest absolute Gasteiger partial charge is 0.456 e. The smallest absolute Gasteiger partial charge is 0.227 e. The van der Waals surface area contributed by atoms with Crippen molar-refractivity contribution in [3.05, 3.63) is 206 Å². The van der Waals surface area contributed by atoms with Crippen molar-refractivity contribution in [2.24, 2.45) is 0 Å². The number of thiophene rings is 1. The molecule has 60 heavy (non-hydrogen) atoms. The highest BCUT2D eigenvalue weighted by atomic mass is 32.1. The molecule has 12 aromatic rings. The Kier molecular flexibility index (Phi) is 8.00. The van der Waals surface area contributed by atoms with E-state index in [-0.39, 0.29) is 0 Å². The Labute approximate surface area is 349 Å². The van der Waals surface area contributed by atoms with Gasteiger partial charge in [0.1, 0.15) is 16.7 Å². The highest BCUT2D eigenvalue weighted by Crippen LogP contribution is 2.43. The van der Waals surface area contributed by atoms with Gasteiger partial charge < -0.3 is 13.7 Å². The maximum Gasteiger partial charge on any atom is 0.227 e. The fourth-order valence-corrected chi connectivity index (χ4v) is 9.79. The van der Waals surface area contributed by atoms with Gasteiger partial charge in [-0.2, -0.15) is 0 Å². The summed E-state index contributed by atoms with van der Waals surface area (Å²) in [6, 6.07) is 73.0. The number of rotatable bonds is 7. The Morgan fingerprint density at radius 3 is 1.78 bits per heavy atom. The van der Waals surface area contributed by atoms with Crippen molar-refractivity contribution in [3.63, 3.8) is 0 Å². The Morgan fingerprint density at radius 1 is 0.367 bits per heavy atom. The molecule has 0 N–H and O–H groups in total. The zero-order chi connectivity index (χ0) is 39.6. The Morgan fingerprint density at radius 2 is 0.983 bits per heavy atom. The molecule has 12 rings (SSSR count). The first kappa shape index (κ1) is 34.3. The second kappa shape index (κ2) is 14.0. The molecule has 0 aliphatic heterocycles. The van der Waals surface area contributed by atoms with Crippen LogP contribution in [0.3, 0.4) is 0 Å². The van der Waals surface area contributed by atoms with Crippen LogP contribution in [0.4, 0.5) is 17.1 Å². The van der Waals surface area contributed by atoms with E-state index >= 15 is 0 Å². The third-order valence-electron chi connectivity index (χ3n) is 11.5. The summed E-state index contributed by atoms with van der Waals surface area (Å²) < 4.78 is 15.2. The van der Waals surface area contributed by atoms with Crippen LogP contribution in [0.15, 0.2) is 215 Å². The highest BCUT2D eigenvalue weighted by molar-refractivity contribution is 7.26. The molecular formula is C55H34N2O2S. The molecule has 0 saturated heterocycles.